The van der Waals surface area contributed by atoms with Crippen molar-refractivity contribution in [3.63, 3.8) is 0 Å². The van der Waals surface area contributed by atoms with Crippen molar-refractivity contribution in [2.45, 2.75) is 5.54 Å². The normalized spacial score (nSPS) is 10.2. The molecule has 0 saturated heterocycles. The zero-order valence-corrected chi connectivity index (χ0v) is 8.76. The highest BCUT2D eigenvalue weighted by Gasteiger charge is 2.20. The number of nitrogens with two attached hydrogens (primary N) is 1. The van der Waals surface area contributed by atoms with Crippen LogP contribution in [-0.4, -0.2) is 52.7 Å². The van der Waals surface area contributed by atoms with Gasteiger partial charge in [-0.1, -0.05) is 6.08 Å². The van der Waals surface area contributed by atoms with Gasteiger partial charge < -0.3 is 21.1 Å². The molecule has 0 aromatic heterocycles. The zero-order chi connectivity index (χ0) is 10.7. The van der Waals surface area contributed by atoms with E-state index in [1.807, 2.05) is 6.08 Å². The van der Waals surface area contributed by atoms with Crippen molar-refractivity contribution in [3.8, 4) is 0 Å². The lowest BCUT2D eigenvalue weighted by Gasteiger charge is -2.20. The van der Waals surface area contributed by atoms with Crippen LogP contribution in [0.25, 0.3) is 0 Å². The van der Waals surface area contributed by atoms with Crippen molar-refractivity contribution in [2.24, 2.45) is 5.73 Å². The third-order valence-corrected chi connectivity index (χ3v) is 1.80. The molecule has 0 unspecified atom stereocenters. The summed E-state index contributed by atoms with van der Waals surface area (Å²) in [5.41, 5.74) is 3.94. The standard InChI is InChI=1S/C4H11NO3.C4H8S/c5-4(1-6,2-7)3-8;1-3-4-5-2/h6-8H,1-3,5H2;3H,1,4H2,2H3. The number of rotatable bonds is 5. The summed E-state index contributed by atoms with van der Waals surface area (Å²) in [5.74, 6) is 1.07. The first kappa shape index (κ1) is 15.4. The van der Waals surface area contributed by atoms with Crippen LogP contribution in [0, 0.1) is 0 Å². The highest BCUT2D eigenvalue weighted by Crippen LogP contribution is 1.93. The maximum atomic E-state index is 8.34. The van der Waals surface area contributed by atoms with Crippen molar-refractivity contribution in [1.29, 1.82) is 0 Å². The lowest BCUT2D eigenvalue weighted by molar-refractivity contribution is 0.0698. The number of aliphatic hydroxyl groups excluding tert-OH is 3. The first-order chi connectivity index (χ1) is 6.10. The molecule has 0 aromatic carbocycles. The van der Waals surface area contributed by atoms with Crippen molar-refractivity contribution in [3.05, 3.63) is 12.7 Å². The molecule has 0 aromatic rings. The van der Waals surface area contributed by atoms with E-state index in [4.69, 9.17) is 21.1 Å². The van der Waals surface area contributed by atoms with Gasteiger partial charge in [0.1, 0.15) is 0 Å². The number of aliphatic hydroxyl groups is 3. The first-order valence-corrected chi connectivity index (χ1v) is 5.21. The molecule has 0 heterocycles. The van der Waals surface area contributed by atoms with Gasteiger partial charge in [-0.3, -0.25) is 0 Å². The van der Waals surface area contributed by atoms with Crippen LogP contribution in [-0.2, 0) is 0 Å². The van der Waals surface area contributed by atoms with Crippen molar-refractivity contribution in [2.75, 3.05) is 31.8 Å². The number of thioether (sulfide) groups is 1. The van der Waals surface area contributed by atoms with Crippen LogP contribution >= 0.6 is 11.8 Å². The van der Waals surface area contributed by atoms with Crippen molar-refractivity contribution >= 4 is 11.8 Å². The quantitative estimate of drug-likeness (QED) is 0.445. The molecule has 0 aliphatic carbocycles. The minimum Gasteiger partial charge on any atom is -0.394 e. The van der Waals surface area contributed by atoms with E-state index in [1.54, 1.807) is 11.8 Å². The van der Waals surface area contributed by atoms with E-state index in [0.29, 0.717) is 0 Å². The molecule has 0 spiro atoms. The maximum absolute atomic E-state index is 8.34. The van der Waals surface area contributed by atoms with Gasteiger partial charge in [-0.2, -0.15) is 11.8 Å². The number of hydrogen-bond donors (Lipinski definition) is 4. The average molecular weight is 209 g/mol. The van der Waals surface area contributed by atoms with E-state index in [-0.39, 0.29) is 0 Å². The van der Waals surface area contributed by atoms with Crippen LogP contribution in [0.2, 0.25) is 0 Å². The molecule has 0 aliphatic heterocycles. The third kappa shape index (κ3) is 9.85. The van der Waals surface area contributed by atoms with Crippen LogP contribution in [0.4, 0.5) is 0 Å². The van der Waals surface area contributed by atoms with Gasteiger partial charge in [0.2, 0.25) is 0 Å². The molecule has 0 saturated carbocycles. The monoisotopic (exact) mass is 209 g/mol. The Morgan fingerprint density at radius 2 is 1.69 bits per heavy atom. The van der Waals surface area contributed by atoms with Crippen LogP contribution in [0.3, 0.4) is 0 Å². The first-order valence-electron chi connectivity index (χ1n) is 3.81. The van der Waals surface area contributed by atoms with E-state index >= 15 is 0 Å². The Balaban J connectivity index is 0. The van der Waals surface area contributed by atoms with Crippen molar-refractivity contribution in [1.82, 2.24) is 0 Å². The Bertz CT molecular complexity index is 110. The van der Waals surface area contributed by atoms with Gasteiger partial charge >= 0.3 is 0 Å². The smallest absolute Gasteiger partial charge is 0.0856 e. The summed E-state index contributed by atoms with van der Waals surface area (Å²) in [4.78, 5) is 0. The summed E-state index contributed by atoms with van der Waals surface area (Å²) in [7, 11) is 0. The van der Waals surface area contributed by atoms with Crippen LogP contribution in [0.1, 0.15) is 0 Å². The Hall–Kier alpha value is -0.0700. The maximum Gasteiger partial charge on any atom is 0.0856 e. The van der Waals surface area contributed by atoms with Gasteiger partial charge in [-0.25, -0.2) is 0 Å². The second-order valence-electron chi connectivity index (χ2n) is 2.58. The van der Waals surface area contributed by atoms with Crippen molar-refractivity contribution < 1.29 is 15.3 Å². The molecule has 0 aliphatic rings. The molecular formula is C8H19NO3S. The summed E-state index contributed by atoms with van der Waals surface area (Å²) in [6.07, 6.45) is 3.95. The molecule has 5 N–H and O–H groups in total. The van der Waals surface area contributed by atoms with Crippen LogP contribution in [0.15, 0.2) is 12.7 Å². The van der Waals surface area contributed by atoms with Gasteiger partial charge in [0.25, 0.3) is 0 Å². The van der Waals surface area contributed by atoms with E-state index in [2.05, 4.69) is 12.8 Å². The largest absolute Gasteiger partial charge is 0.394 e. The zero-order valence-electron chi connectivity index (χ0n) is 7.94. The molecule has 0 atom stereocenters. The lowest BCUT2D eigenvalue weighted by atomic mass is 10.1. The molecule has 0 radical (unpaired) electrons. The summed E-state index contributed by atoms with van der Waals surface area (Å²) in [5, 5.41) is 25.0. The van der Waals surface area contributed by atoms with Gasteiger partial charge in [0, 0.05) is 5.75 Å². The average Bonchev–Trinajstić information content (AvgIpc) is 2.19. The summed E-state index contributed by atoms with van der Waals surface area (Å²) >= 11 is 1.78. The summed E-state index contributed by atoms with van der Waals surface area (Å²) in [6, 6.07) is 0. The fraction of sp³-hybridized carbons (Fsp3) is 0.750. The molecule has 0 bridgehead atoms. The van der Waals surface area contributed by atoms with Gasteiger partial charge in [0.05, 0.1) is 25.4 Å². The van der Waals surface area contributed by atoms with E-state index in [9.17, 15) is 0 Å². The molecule has 4 nitrogen and oxygen atoms in total. The third-order valence-electron chi connectivity index (χ3n) is 1.23. The lowest BCUT2D eigenvalue weighted by Crippen LogP contribution is -2.50. The minimum absolute atomic E-state index is 0.403. The predicted octanol–water partition coefficient (Wildman–Crippen LogP) is -0.804. The fourth-order valence-electron chi connectivity index (χ4n) is 0.268. The Morgan fingerprint density at radius 1 is 1.31 bits per heavy atom. The molecule has 0 fully saturated rings. The molecule has 13 heavy (non-hydrogen) atoms. The highest BCUT2D eigenvalue weighted by atomic mass is 32.2. The Labute approximate surface area is 83.5 Å². The number of hydrogen-bond acceptors (Lipinski definition) is 5. The molecular weight excluding hydrogens is 190 g/mol. The van der Waals surface area contributed by atoms with Crippen LogP contribution in [0.5, 0.6) is 0 Å². The minimum atomic E-state index is -1.21. The Morgan fingerprint density at radius 3 is 1.69 bits per heavy atom. The second-order valence-corrected chi connectivity index (χ2v) is 3.49. The fourth-order valence-corrected chi connectivity index (χ4v) is 0.504. The molecule has 5 heteroatoms. The van der Waals surface area contributed by atoms with E-state index in [0.717, 1.165) is 5.75 Å². The molecule has 0 amide bonds. The van der Waals surface area contributed by atoms with Gasteiger partial charge in [0.15, 0.2) is 0 Å². The SMILES string of the molecule is C=CCSC.NC(CO)(CO)CO. The summed E-state index contributed by atoms with van der Waals surface area (Å²) < 4.78 is 0. The van der Waals surface area contributed by atoms with Gasteiger partial charge in [-0.05, 0) is 6.26 Å². The van der Waals surface area contributed by atoms with E-state index in [1.165, 1.54) is 0 Å². The molecule has 80 valence electrons. The highest BCUT2D eigenvalue weighted by molar-refractivity contribution is 7.98. The predicted molar refractivity (Wildman–Crippen MR) is 56.8 cm³/mol. The Kier molecular flexibility index (Phi) is 11.9. The van der Waals surface area contributed by atoms with Gasteiger partial charge in [-0.15, -0.1) is 6.58 Å². The topological polar surface area (TPSA) is 86.7 Å². The second kappa shape index (κ2) is 10.0. The van der Waals surface area contributed by atoms with E-state index < -0.39 is 25.4 Å². The van der Waals surface area contributed by atoms with Crippen LogP contribution < -0.4 is 5.73 Å². The summed E-state index contributed by atoms with van der Waals surface area (Å²) in [6.45, 7) is 2.32. The molecule has 0 rings (SSSR count).